The Kier molecular flexibility index (Phi) is 3.68. The lowest BCUT2D eigenvalue weighted by molar-refractivity contribution is 0.206. The SMILES string of the molecule is Cc1noc(C)c1CN(CCN)C(N)=O. The lowest BCUT2D eigenvalue weighted by Crippen LogP contribution is -2.38. The second-order valence-corrected chi connectivity index (χ2v) is 3.35. The number of nitrogens with zero attached hydrogens (tertiary/aromatic N) is 2. The molecule has 0 aliphatic carbocycles. The first-order chi connectivity index (χ1) is 7.06. The molecule has 0 fully saturated rings. The summed E-state index contributed by atoms with van der Waals surface area (Å²) in [6, 6.07) is -0.486. The quantitative estimate of drug-likeness (QED) is 0.741. The number of amides is 2. The Morgan fingerprint density at radius 1 is 1.53 bits per heavy atom. The number of aromatic nitrogens is 1. The van der Waals surface area contributed by atoms with E-state index >= 15 is 0 Å². The summed E-state index contributed by atoms with van der Waals surface area (Å²) in [5.74, 6) is 0.704. The predicted octanol–water partition coefficient (Wildman–Crippen LogP) is 0.131. The second-order valence-electron chi connectivity index (χ2n) is 3.35. The van der Waals surface area contributed by atoms with E-state index in [1.54, 1.807) is 6.92 Å². The first kappa shape index (κ1) is 11.5. The molecule has 0 saturated heterocycles. The number of nitrogens with two attached hydrogens (primary N) is 2. The van der Waals surface area contributed by atoms with E-state index in [-0.39, 0.29) is 0 Å². The number of rotatable bonds is 4. The summed E-state index contributed by atoms with van der Waals surface area (Å²) in [6.07, 6.45) is 0. The molecule has 0 aliphatic rings. The van der Waals surface area contributed by atoms with Crippen LogP contribution in [0.4, 0.5) is 4.79 Å². The molecule has 84 valence electrons. The zero-order valence-corrected chi connectivity index (χ0v) is 8.99. The smallest absolute Gasteiger partial charge is 0.315 e. The van der Waals surface area contributed by atoms with Gasteiger partial charge in [-0.2, -0.15) is 0 Å². The highest BCUT2D eigenvalue weighted by atomic mass is 16.5. The van der Waals surface area contributed by atoms with Crippen LogP contribution in [0.5, 0.6) is 0 Å². The molecular weight excluding hydrogens is 196 g/mol. The molecule has 6 nitrogen and oxygen atoms in total. The maximum Gasteiger partial charge on any atom is 0.315 e. The molecule has 0 atom stereocenters. The van der Waals surface area contributed by atoms with Crippen molar-refractivity contribution in [2.75, 3.05) is 13.1 Å². The van der Waals surface area contributed by atoms with Crippen LogP contribution in [0, 0.1) is 13.8 Å². The minimum absolute atomic E-state index is 0.381. The maximum absolute atomic E-state index is 11.1. The summed E-state index contributed by atoms with van der Waals surface area (Å²) in [7, 11) is 0. The number of urea groups is 1. The molecule has 0 bridgehead atoms. The number of hydrogen-bond acceptors (Lipinski definition) is 4. The van der Waals surface area contributed by atoms with Gasteiger partial charge < -0.3 is 20.9 Å². The zero-order valence-electron chi connectivity index (χ0n) is 8.99. The van der Waals surface area contributed by atoms with Gasteiger partial charge in [0.2, 0.25) is 0 Å². The standard InChI is InChI=1S/C9H16N4O2/c1-6-8(7(2)15-12-6)5-13(4-3-10)9(11)14/h3-5,10H2,1-2H3,(H2,11,14). The fourth-order valence-corrected chi connectivity index (χ4v) is 1.34. The summed E-state index contributed by atoms with van der Waals surface area (Å²) in [5.41, 5.74) is 12.3. The maximum atomic E-state index is 11.1. The van der Waals surface area contributed by atoms with Gasteiger partial charge in [-0.15, -0.1) is 0 Å². The third-order valence-electron chi connectivity index (χ3n) is 2.24. The van der Waals surface area contributed by atoms with E-state index < -0.39 is 6.03 Å². The fraction of sp³-hybridized carbons (Fsp3) is 0.556. The van der Waals surface area contributed by atoms with Crippen molar-refractivity contribution in [2.45, 2.75) is 20.4 Å². The van der Waals surface area contributed by atoms with Gasteiger partial charge in [0.15, 0.2) is 0 Å². The molecule has 1 heterocycles. The van der Waals surface area contributed by atoms with Crippen molar-refractivity contribution in [2.24, 2.45) is 11.5 Å². The molecule has 0 saturated carbocycles. The Bertz CT molecular complexity index is 328. The van der Waals surface area contributed by atoms with E-state index in [1.807, 2.05) is 6.92 Å². The average Bonchev–Trinajstić information content (AvgIpc) is 2.48. The molecule has 0 spiro atoms. The van der Waals surface area contributed by atoms with Crippen molar-refractivity contribution in [1.29, 1.82) is 0 Å². The molecule has 0 unspecified atom stereocenters. The molecule has 6 heteroatoms. The molecule has 0 aliphatic heterocycles. The van der Waals surface area contributed by atoms with Gasteiger partial charge in [-0.3, -0.25) is 0 Å². The van der Waals surface area contributed by atoms with E-state index in [4.69, 9.17) is 16.0 Å². The van der Waals surface area contributed by atoms with Crippen molar-refractivity contribution in [1.82, 2.24) is 10.1 Å². The molecule has 2 amide bonds. The Morgan fingerprint density at radius 3 is 2.60 bits per heavy atom. The van der Waals surface area contributed by atoms with Crippen LogP contribution in [0.3, 0.4) is 0 Å². The molecule has 1 aromatic rings. The first-order valence-electron chi connectivity index (χ1n) is 4.72. The van der Waals surface area contributed by atoms with Crippen molar-refractivity contribution in [3.63, 3.8) is 0 Å². The summed E-state index contributed by atoms with van der Waals surface area (Å²) in [6.45, 7) is 4.84. The van der Waals surface area contributed by atoms with Gasteiger partial charge in [0.1, 0.15) is 5.76 Å². The van der Waals surface area contributed by atoms with Crippen LogP contribution in [0.2, 0.25) is 0 Å². The largest absolute Gasteiger partial charge is 0.361 e. The first-order valence-corrected chi connectivity index (χ1v) is 4.72. The summed E-state index contributed by atoms with van der Waals surface area (Å²) in [4.78, 5) is 12.5. The minimum Gasteiger partial charge on any atom is -0.361 e. The molecule has 1 aromatic heterocycles. The van der Waals surface area contributed by atoms with Gasteiger partial charge in [-0.1, -0.05) is 5.16 Å². The third-order valence-corrected chi connectivity index (χ3v) is 2.24. The Morgan fingerprint density at radius 2 is 2.20 bits per heavy atom. The van der Waals surface area contributed by atoms with E-state index in [0.717, 1.165) is 11.3 Å². The van der Waals surface area contributed by atoms with Gasteiger partial charge in [0, 0.05) is 18.7 Å². The molecule has 0 aromatic carbocycles. The highest BCUT2D eigenvalue weighted by Crippen LogP contribution is 2.14. The van der Waals surface area contributed by atoms with Crippen LogP contribution < -0.4 is 11.5 Å². The molecule has 1 rings (SSSR count). The van der Waals surface area contributed by atoms with Crippen LogP contribution in [0.25, 0.3) is 0 Å². The average molecular weight is 212 g/mol. The Balaban J connectivity index is 2.78. The lowest BCUT2D eigenvalue weighted by Gasteiger charge is -2.18. The fourth-order valence-electron chi connectivity index (χ4n) is 1.34. The second kappa shape index (κ2) is 4.79. The van der Waals surface area contributed by atoms with Crippen LogP contribution >= 0.6 is 0 Å². The van der Waals surface area contributed by atoms with Crippen molar-refractivity contribution >= 4 is 6.03 Å². The highest BCUT2D eigenvalue weighted by Gasteiger charge is 2.15. The van der Waals surface area contributed by atoms with Crippen molar-refractivity contribution in [3.8, 4) is 0 Å². The summed E-state index contributed by atoms with van der Waals surface area (Å²) >= 11 is 0. The minimum atomic E-state index is -0.486. The van der Waals surface area contributed by atoms with E-state index in [0.29, 0.717) is 25.4 Å². The lowest BCUT2D eigenvalue weighted by atomic mass is 10.2. The predicted molar refractivity (Wildman–Crippen MR) is 55.0 cm³/mol. The molecule has 15 heavy (non-hydrogen) atoms. The summed E-state index contributed by atoms with van der Waals surface area (Å²) in [5, 5.41) is 3.80. The topological polar surface area (TPSA) is 98.4 Å². The van der Waals surface area contributed by atoms with Crippen LogP contribution in [0.1, 0.15) is 17.0 Å². The van der Waals surface area contributed by atoms with Gasteiger partial charge in [0.25, 0.3) is 0 Å². The number of primary amides is 1. The van der Waals surface area contributed by atoms with Gasteiger partial charge in [-0.25, -0.2) is 4.79 Å². The van der Waals surface area contributed by atoms with E-state index in [9.17, 15) is 4.79 Å². The highest BCUT2D eigenvalue weighted by molar-refractivity contribution is 5.72. The molecule has 4 N–H and O–H groups in total. The number of aryl methyl sites for hydroxylation is 2. The Hall–Kier alpha value is -1.56. The van der Waals surface area contributed by atoms with Crippen LogP contribution in [-0.2, 0) is 6.54 Å². The normalized spacial score (nSPS) is 10.3. The van der Waals surface area contributed by atoms with Gasteiger partial charge >= 0.3 is 6.03 Å². The molecule has 0 radical (unpaired) electrons. The van der Waals surface area contributed by atoms with Crippen LogP contribution in [0.15, 0.2) is 4.52 Å². The third kappa shape index (κ3) is 2.69. The number of carbonyl (C=O) groups is 1. The Labute approximate surface area is 88.2 Å². The van der Waals surface area contributed by atoms with Gasteiger partial charge in [0.05, 0.1) is 12.2 Å². The van der Waals surface area contributed by atoms with Crippen molar-refractivity contribution in [3.05, 3.63) is 17.0 Å². The number of hydrogen-bond donors (Lipinski definition) is 2. The van der Waals surface area contributed by atoms with Crippen LogP contribution in [-0.4, -0.2) is 29.2 Å². The van der Waals surface area contributed by atoms with E-state index in [1.165, 1.54) is 4.90 Å². The van der Waals surface area contributed by atoms with E-state index in [2.05, 4.69) is 5.16 Å². The number of carbonyl (C=O) groups excluding carboxylic acids is 1. The summed E-state index contributed by atoms with van der Waals surface area (Å²) < 4.78 is 4.99. The van der Waals surface area contributed by atoms with Crippen molar-refractivity contribution < 1.29 is 9.32 Å². The zero-order chi connectivity index (χ0) is 11.4. The molecular formula is C9H16N4O2. The van der Waals surface area contributed by atoms with Gasteiger partial charge in [-0.05, 0) is 13.8 Å². The monoisotopic (exact) mass is 212 g/mol.